The molecule has 3 fully saturated rings. The average Bonchev–Trinajstić information content (AvgIpc) is 3.67. The molecule has 5 rings (SSSR count). The number of rotatable bonds is 16. The third kappa shape index (κ3) is 6.03. The molecule has 3 aliphatic rings. The van der Waals surface area contributed by atoms with Gasteiger partial charge in [-0.25, -0.2) is 0 Å². The molecule has 46 heavy (non-hydrogen) atoms. The molecule has 3 amide bonds. The van der Waals surface area contributed by atoms with E-state index in [0.717, 1.165) is 18.4 Å². The highest BCUT2D eigenvalue weighted by Gasteiger charge is 2.79. The number of anilines is 1. The van der Waals surface area contributed by atoms with Gasteiger partial charge in [0.25, 0.3) is 5.91 Å². The molecule has 1 N–H and O–H groups in total. The Bertz CT molecular complexity index is 1440. The molecule has 0 aliphatic carbocycles. The predicted molar refractivity (Wildman–Crippen MR) is 180 cm³/mol. The Kier molecular flexibility index (Phi) is 10.7. The van der Waals surface area contributed by atoms with E-state index in [2.05, 4.69) is 13.2 Å². The minimum atomic E-state index is -1.15. The average molecular weight is 648 g/mol. The van der Waals surface area contributed by atoms with Gasteiger partial charge in [0.05, 0.1) is 28.1 Å². The molecular weight excluding hydrogens is 602 g/mol. The van der Waals surface area contributed by atoms with E-state index in [4.69, 9.17) is 16.3 Å². The number of amides is 3. The van der Waals surface area contributed by atoms with Crippen LogP contribution in [0.1, 0.15) is 57.4 Å². The van der Waals surface area contributed by atoms with Gasteiger partial charge in [-0.15, -0.1) is 13.2 Å². The number of aliphatic hydroxyl groups is 1. The fraction of sp³-hybridized carbons (Fsp3) is 0.486. The van der Waals surface area contributed by atoms with Gasteiger partial charge in [0.2, 0.25) is 11.8 Å². The second-order valence-corrected chi connectivity index (χ2v) is 13.1. The smallest absolute Gasteiger partial charge is 0.253 e. The Labute approximate surface area is 277 Å². The number of carbonyl (C=O) groups is 3. The molecule has 2 aromatic rings. The second-order valence-electron chi connectivity index (χ2n) is 12.7. The number of nitrogens with zero attached hydrogens (tertiary/aromatic N) is 3. The lowest BCUT2D eigenvalue weighted by Crippen LogP contribution is -2.56. The van der Waals surface area contributed by atoms with E-state index < -0.39 is 29.1 Å². The van der Waals surface area contributed by atoms with Crippen molar-refractivity contribution >= 4 is 35.0 Å². The number of benzene rings is 2. The summed E-state index contributed by atoms with van der Waals surface area (Å²) in [4.78, 5) is 49.3. The molecule has 0 aromatic heterocycles. The lowest BCUT2D eigenvalue weighted by molar-refractivity contribution is -0.151. The van der Waals surface area contributed by atoms with E-state index in [-0.39, 0.29) is 30.9 Å². The van der Waals surface area contributed by atoms with Crippen LogP contribution in [0.25, 0.3) is 0 Å². The molecule has 9 heteroatoms. The molecule has 2 unspecified atom stereocenters. The molecule has 246 valence electrons. The quantitative estimate of drug-likeness (QED) is 0.184. The van der Waals surface area contributed by atoms with Crippen LogP contribution in [-0.2, 0) is 25.7 Å². The van der Waals surface area contributed by atoms with Crippen molar-refractivity contribution in [1.29, 1.82) is 0 Å². The van der Waals surface area contributed by atoms with E-state index in [1.165, 1.54) is 0 Å². The zero-order valence-corrected chi connectivity index (χ0v) is 27.5. The molecule has 1 spiro atoms. The minimum Gasteiger partial charge on any atom is -0.396 e. The molecule has 0 radical (unpaired) electrons. The summed E-state index contributed by atoms with van der Waals surface area (Å²) in [5.41, 5.74) is -0.484. The van der Waals surface area contributed by atoms with Gasteiger partial charge in [-0.1, -0.05) is 86.0 Å². The maximum absolute atomic E-state index is 14.9. The van der Waals surface area contributed by atoms with Crippen molar-refractivity contribution in [3.8, 4) is 0 Å². The standard InChI is InChI=1S/C37H46ClN3O5/c1-4-22-39(26-27-16-10-9-11-17-27)33(43)30-31-34(44)41(24-14-7-8-15-25-42)32(37(31)21-20-36(30,6-3)46-37)35(45)40(23-5-2)29-19-13-12-18-28(29)38/h4-5,9-13,16-19,30-32,42H,1-2,6-8,14-15,20-26H2,3H3/t30-,31-,32?,36+,37?/m0/s1. The van der Waals surface area contributed by atoms with Crippen LogP contribution in [-0.4, -0.2) is 76.1 Å². The van der Waals surface area contributed by atoms with Gasteiger partial charge in [0.1, 0.15) is 11.6 Å². The van der Waals surface area contributed by atoms with Crippen molar-refractivity contribution in [3.63, 3.8) is 0 Å². The molecule has 8 nitrogen and oxygen atoms in total. The third-order valence-corrected chi connectivity index (χ3v) is 10.4. The number of halogens is 1. The summed E-state index contributed by atoms with van der Waals surface area (Å²) in [5.74, 6) is -2.16. The van der Waals surface area contributed by atoms with Crippen LogP contribution < -0.4 is 4.90 Å². The van der Waals surface area contributed by atoms with E-state index in [1.54, 1.807) is 39.0 Å². The summed E-state index contributed by atoms with van der Waals surface area (Å²) in [5, 5.41) is 9.69. The first-order valence-electron chi connectivity index (χ1n) is 16.5. The molecule has 2 bridgehead atoms. The highest BCUT2D eigenvalue weighted by atomic mass is 35.5. The van der Waals surface area contributed by atoms with Gasteiger partial charge in [0, 0.05) is 32.8 Å². The molecular formula is C37H46ClN3O5. The van der Waals surface area contributed by atoms with Gasteiger partial charge >= 0.3 is 0 Å². The van der Waals surface area contributed by atoms with Gasteiger partial charge in [-0.3, -0.25) is 14.4 Å². The summed E-state index contributed by atoms with van der Waals surface area (Å²) in [6.07, 6.45) is 7.96. The maximum Gasteiger partial charge on any atom is 0.253 e. The molecule has 3 heterocycles. The maximum atomic E-state index is 14.9. The third-order valence-electron chi connectivity index (χ3n) is 10.1. The fourth-order valence-corrected chi connectivity index (χ4v) is 8.24. The summed E-state index contributed by atoms with van der Waals surface area (Å²) in [6, 6.07) is 16.0. The van der Waals surface area contributed by atoms with Crippen LogP contribution in [0.15, 0.2) is 79.9 Å². The SMILES string of the molecule is C=CCN(Cc1ccccc1)C(=O)[C@@H]1[C@H]2C(=O)N(CCCCCCO)C(C(=O)N(CC=C)c3ccccc3Cl)C23CC[C@@]1(CC)O3. The molecule has 0 saturated carbocycles. The topological polar surface area (TPSA) is 90.4 Å². The number of carbonyl (C=O) groups excluding carboxylic acids is 3. The highest BCUT2D eigenvalue weighted by molar-refractivity contribution is 6.34. The number of para-hydroxylation sites is 1. The lowest BCUT2D eigenvalue weighted by atomic mass is 9.64. The lowest BCUT2D eigenvalue weighted by Gasteiger charge is -2.37. The van der Waals surface area contributed by atoms with E-state index in [1.807, 2.05) is 49.4 Å². The van der Waals surface area contributed by atoms with E-state index >= 15 is 0 Å². The number of unbranched alkanes of at least 4 members (excludes halogenated alkanes) is 3. The molecule has 3 aliphatic heterocycles. The number of likely N-dealkylation sites (tertiary alicyclic amines) is 1. The first-order chi connectivity index (χ1) is 22.3. The molecule has 3 saturated heterocycles. The minimum absolute atomic E-state index is 0.115. The van der Waals surface area contributed by atoms with Crippen LogP contribution in [0, 0.1) is 11.8 Å². The number of hydrogen-bond acceptors (Lipinski definition) is 5. The number of fused-ring (bicyclic) bond motifs is 1. The Morgan fingerprint density at radius 2 is 1.70 bits per heavy atom. The Balaban J connectivity index is 1.56. The Morgan fingerprint density at radius 1 is 1.00 bits per heavy atom. The van der Waals surface area contributed by atoms with Crippen LogP contribution in [0.3, 0.4) is 0 Å². The monoisotopic (exact) mass is 647 g/mol. The first-order valence-corrected chi connectivity index (χ1v) is 16.9. The van der Waals surface area contributed by atoms with Crippen molar-refractivity contribution in [1.82, 2.24) is 9.80 Å². The Hall–Kier alpha value is -3.46. The number of hydrogen-bond donors (Lipinski definition) is 1. The fourth-order valence-electron chi connectivity index (χ4n) is 8.00. The molecule has 5 atom stereocenters. The first kappa shape index (κ1) is 33.9. The second kappa shape index (κ2) is 14.5. The van der Waals surface area contributed by atoms with Crippen molar-refractivity contribution in [3.05, 3.63) is 90.5 Å². The van der Waals surface area contributed by atoms with Crippen LogP contribution >= 0.6 is 11.6 Å². The zero-order chi connectivity index (χ0) is 32.9. The van der Waals surface area contributed by atoms with Gasteiger partial charge in [-0.2, -0.15) is 0 Å². The number of ether oxygens (including phenoxy) is 1. The van der Waals surface area contributed by atoms with Crippen molar-refractivity contribution in [2.75, 3.05) is 31.1 Å². The largest absolute Gasteiger partial charge is 0.396 e. The van der Waals surface area contributed by atoms with Crippen molar-refractivity contribution in [2.24, 2.45) is 11.8 Å². The summed E-state index contributed by atoms with van der Waals surface area (Å²) in [7, 11) is 0. The predicted octanol–water partition coefficient (Wildman–Crippen LogP) is 5.78. The van der Waals surface area contributed by atoms with Crippen LogP contribution in [0.4, 0.5) is 5.69 Å². The van der Waals surface area contributed by atoms with Crippen molar-refractivity contribution in [2.45, 2.75) is 75.7 Å². The summed E-state index contributed by atoms with van der Waals surface area (Å²) < 4.78 is 7.03. The zero-order valence-electron chi connectivity index (χ0n) is 26.8. The van der Waals surface area contributed by atoms with Crippen LogP contribution in [0.2, 0.25) is 5.02 Å². The van der Waals surface area contributed by atoms with Crippen LogP contribution in [0.5, 0.6) is 0 Å². The Morgan fingerprint density at radius 3 is 2.37 bits per heavy atom. The molecule has 2 aromatic carbocycles. The normalized spacial score (nSPS) is 26.2. The summed E-state index contributed by atoms with van der Waals surface area (Å²) >= 11 is 6.61. The number of aliphatic hydroxyl groups excluding tert-OH is 1. The van der Waals surface area contributed by atoms with E-state index in [0.29, 0.717) is 62.4 Å². The highest BCUT2D eigenvalue weighted by Crippen LogP contribution is 2.64. The van der Waals surface area contributed by atoms with Gasteiger partial charge in [0.15, 0.2) is 0 Å². The van der Waals surface area contributed by atoms with Crippen molar-refractivity contribution < 1.29 is 24.2 Å². The summed E-state index contributed by atoms with van der Waals surface area (Å²) in [6.45, 7) is 11.2. The van der Waals surface area contributed by atoms with Gasteiger partial charge in [-0.05, 0) is 49.8 Å². The van der Waals surface area contributed by atoms with E-state index in [9.17, 15) is 19.5 Å². The van der Waals surface area contributed by atoms with Gasteiger partial charge < -0.3 is 24.5 Å².